The molecule has 36 heavy (non-hydrogen) atoms. The Labute approximate surface area is 225 Å². The molecule has 1 atom stereocenters. The Morgan fingerprint density at radius 1 is 1.14 bits per heavy atom. The molecule has 3 aromatic rings. The summed E-state index contributed by atoms with van der Waals surface area (Å²) < 4.78 is 16.5. The van der Waals surface area contributed by atoms with Crippen LogP contribution in [-0.4, -0.2) is 66.0 Å². The SMILES string of the molecule is COc1cc(OC)c(Cl)c(-c2cc3cnc(NC4CCCOC4)nc3c(NCCSC(C)C)n2)c1Cl. The van der Waals surface area contributed by atoms with Gasteiger partial charge >= 0.3 is 0 Å². The smallest absolute Gasteiger partial charge is 0.223 e. The van der Waals surface area contributed by atoms with Crippen LogP contribution in [0.3, 0.4) is 0 Å². The zero-order valence-corrected chi connectivity index (χ0v) is 23.2. The minimum atomic E-state index is 0.184. The van der Waals surface area contributed by atoms with Crippen LogP contribution in [0.25, 0.3) is 22.2 Å². The van der Waals surface area contributed by atoms with Crippen LogP contribution >= 0.6 is 35.0 Å². The van der Waals surface area contributed by atoms with Crippen LogP contribution in [-0.2, 0) is 4.74 Å². The first-order chi connectivity index (χ1) is 17.4. The molecule has 2 N–H and O–H groups in total. The van der Waals surface area contributed by atoms with Gasteiger partial charge < -0.3 is 24.8 Å². The van der Waals surface area contributed by atoms with Gasteiger partial charge in [-0.25, -0.2) is 15.0 Å². The molecule has 1 fully saturated rings. The van der Waals surface area contributed by atoms with Crippen molar-refractivity contribution in [2.75, 3.05) is 50.4 Å². The lowest BCUT2D eigenvalue weighted by Crippen LogP contribution is -2.30. The molecule has 11 heteroatoms. The van der Waals surface area contributed by atoms with E-state index in [0.717, 1.165) is 37.1 Å². The van der Waals surface area contributed by atoms with Crippen molar-refractivity contribution in [1.82, 2.24) is 15.0 Å². The summed E-state index contributed by atoms with van der Waals surface area (Å²) in [5.41, 5.74) is 1.81. The number of aromatic nitrogens is 3. The maximum atomic E-state index is 6.69. The van der Waals surface area contributed by atoms with Crippen molar-refractivity contribution >= 4 is 57.6 Å². The van der Waals surface area contributed by atoms with Crippen molar-refractivity contribution < 1.29 is 14.2 Å². The van der Waals surface area contributed by atoms with E-state index < -0.39 is 0 Å². The maximum Gasteiger partial charge on any atom is 0.223 e. The summed E-state index contributed by atoms with van der Waals surface area (Å²) in [7, 11) is 3.09. The Hall–Kier alpha value is -2.20. The standard InChI is InChI=1S/C25H31Cl2N5O3S/c1-14(2)36-9-7-28-24-23-15(12-29-25(32-23)30-16-6-5-8-35-13-16)10-17(31-24)20-21(26)18(33-3)11-19(34-4)22(20)27/h10-12,14,16H,5-9,13H2,1-4H3,(H,28,31)(H,29,30,32). The highest BCUT2D eigenvalue weighted by Gasteiger charge is 2.22. The first kappa shape index (κ1) is 26.9. The molecule has 194 valence electrons. The second-order valence-corrected chi connectivity index (χ2v) is 11.1. The number of hydrogen-bond donors (Lipinski definition) is 2. The molecule has 0 aliphatic carbocycles. The number of anilines is 2. The maximum absolute atomic E-state index is 6.69. The van der Waals surface area contributed by atoms with Crippen LogP contribution in [0.5, 0.6) is 11.5 Å². The van der Waals surface area contributed by atoms with Crippen molar-refractivity contribution in [1.29, 1.82) is 0 Å². The third kappa shape index (κ3) is 6.19. The number of methoxy groups -OCH3 is 2. The predicted molar refractivity (Wildman–Crippen MR) is 149 cm³/mol. The fraction of sp³-hybridized carbons (Fsp3) is 0.480. The van der Waals surface area contributed by atoms with Gasteiger partial charge in [0.1, 0.15) is 17.0 Å². The molecule has 0 bridgehead atoms. The van der Waals surface area contributed by atoms with E-state index in [1.54, 1.807) is 26.5 Å². The average molecular weight is 553 g/mol. The lowest BCUT2D eigenvalue weighted by Gasteiger charge is -2.23. The molecule has 3 heterocycles. The number of halogens is 2. The van der Waals surface area contributed by atoms with Crippen molar-refractivity contribution in [3.05, 3.63) is 28.4 Å². The van der Waals surface area contributed by atoms with Gasteiger partial charge in [-0.1, -0.05) is 37.0 Å². The van der Waals surface area contributed by atoms with Crippen LogP contribution in [0.4, 0.5) is 11.8 Å². The third-order valence-corrected chi connectivity index (χ3v) is 7.59. The van der Waals surface area contributed by atoms with E-state index in [-0.39, 0.29) is 6.04 Å². The molecule has 2 aromatic heterocycles. The number of benzene rings is 1. The molecule has 0 spiro atoms. The summed E-state index contributed by atoms with van der Waals surface area (Å²) in [4.78, 5) is 14.3. The Bertz CT molecular complexity index is 1180. The largest absolute Gasteiger partial charge is 0.495 e. The molecule has 1 unspecified atom stereocenters. The highest BCUT2D eigenvalue weighted by Crippen LogP contribution is 2.46. The van der Waals surface area contributed by atoms with Crippen LogP contribution in [0.2, 0.25) is 10.0 Å². The highest BCUT2D eigenvalue weighted by molar-refractivity contribution is 7.99. The fourth-order valence-electron chi connectivity index (χ4n) is 3.97. The molecular formula is C25H31Cl2N5O3S. The zero-order valence-electron chi connectivity index (χ0n) is 20.9. The summed E-state index contributed by atoms with van der Waals surface area (Å²) in [5, 5.41) is 8.91. The molecule has 0 radical (unpaired) electrons. The van der Waals surface area contributed by atoms with Gasteiger partial charge in [0.15, 0.2) is 5.82 Å². The van der Waals surface area contributed by atoms with E-state index >= 15 is 0 Å². The van der Waals surface area contributed by atoms with Crippen LogP contribution < -0.4 is 20.1 Å². The Morgan fingerprint density at radius 2 is 1.89 bits per heavy atom. The van der Waals surface area contributed by atoms with E-state index in [9.17, 15) is 0 Å². The number of rotatable bonds is 10. The third-order valence-electron chi connectivity index (χ3n) is 5.73. The van der Waals surface area contributed by atoms with E-state index in [0.29, 0.717) is 61.9 Å². The Kier molecular flexibility index (Phi) is 9.22. The number of nitrogens with zero attached hydrogens (tertiary/aromatic N) is 3. The van der Waals surface area contributed by atoms with E-state index in [2.05, 4.69) is 29.5 Å². The number of fused-ring (bicyclic) bond motifs is 1. The number of pyridine rings is 1. The van der Waals surface area contributed by atoms with E-state index in [1.807, 2.05) is 17.8 Å². The lowest BCUT2D eigenvalue weighted by atomic mass is 10.1. The Balaban J connectivity index is 1.77. The van der Waals surface area contributed by atoms with Crippen molar-refractivity contribution in [2.24, 2.45) is 0 Å². The van der Waals surface area contributed by atoms with E-state index in [1.165, 1.54) is 0 Å². The number of thioether (sulfide) groups is 1. The Morgan fingerprint density at radius 3 is 2.53 bits per heavy atom. The number of nitrogens with one attached hydrogen (secondary N) is 2. The molecule has 0 saturated carbocycles. The van der Waals surface area contributed by atoms with Gasteiger partial charge in [-0.15, -0.1) is 0 Å². The molecule has 1 saturated heterocycles. The summed E-state index contributed by atoms with van der Waals surface area (Å²) in [6.45, 7) is 6.52. The first-order valence-corrected chi connectivity index (χ1v) is 13.7. The van der Waals surface area contributed by atoms with Gasteiger partial charge in [-0.05, 0) is 24.2 Å². The zero-order chi connectivity index (χ0) is 25.7. The highest BCUT2D eigenvalue weighted by atomic mass is 35.5. The fourth-order valence-corrected chi connectivity index (χ4v) is 5.36. The lowest BCUT2D eigenvalue weighted by molar-refractivity contribution is 0.0874. The van der Waals surface area contributed by atoms with Gasteiger partial charge in [-0.2, -0.15) is 11.8 Å². The van der Waals surface area contributed by atoms with E-state index in [4.69, 9.17) is 47.4 Å². The number of hydrogen-bond acceptors (Lipinski definition) is 9. The van der Waals surface area contributed by atoms with Gasteiger partial charge in [0, 0.05) is 42.1 Å². The average Bonchev–Trinajstić information content (AvgIpc) is 2.87. The summed E-state index contributed by atoms with van der Waals surface area (Å²) in [6.07, 6.45) is 3.82. The van der Waals surface area contributed by atoms with Crippen LogP contribution in [0, 0.1) is 0 Å². The van der Waals surface area contributed by atoms with Gasteiger partial charge in [0.2, 0.25) is 5.95 Å². The summed E-state index contributed by atoms with van der Waals surface area (Å²) >= 11 is 15.3. The second kappa shape index (κ2) is 12.4. The van der Waals surface area contributed by atoms with Gasteiger partial charge in [-0.3, -0.25) is 0 Å². The minimum Gasteiger partial charge on any atom is -0.495 e. The van der Waals surface area contributed by atoms with Crippen molar-refractivity contribution in [3.63, 3.8) is 0 Å². The molecule has 1 aromatic carbocycles. The van der Waals surface area contributed by atoms with Crippen molar-refractivity contribution in [3.8, 4) is 22.8 Å². The molecular weight excluding hydrogens is 521 g/mol. The minimum absolute atomic E-state index is 0.184. The predicted octanol–water partition coefficient (Wildman–Crippen LogP) is 6.16. The normalized spacial score (nSPS) is 15.8. The number of ether oxygens (including phenoxy) is 3. The monoisotopic (exact) mass is 551 g/mol. The summed E-state index contributed by atoms with van der Waals surface area (Å²) in [6, 6.07) is 3.72. The second-order valence-electron chi connectivity index (χ2n) is 8.68. The molecule has 4 rings (SSSR count). The van der Waals surface area contributed by atoms with Gasteiger partial charge in [0.25, 0.3) is 0 Å². The molecule has 1 aliphatic heterocycles. The van der Waals surface area contributed by atoms with Gasteiger partial charge in [0.05, 0.1) is 42.6 Å². The quantitative estimate of drug-likeness (QED) is 0.287. The van der Waals surface area contributed by atoms with Crippen LogP contribution in [0.1, 0.15) is 26.7 Å². The van der Waals surface area contributed by atoms with Crippen molar-refractivity contribution in [2.45, 2.75) is 38.0 Å². The first-order valence-electron chi connectivity index (χ1n) is 11.9. The molecule has 0 amide bonds. The molecule has 8 nitrogen and oxygen atoms in total. The van der Waals surface area contributed by atoms with Crippen LogP contribution in [0.15, 0.2) is 18.3 Å². The summed E-state index contributed by atoms with van der Waals surface area (Å²) in [5.74, 6) is 3.00. The topological polar surface area (TPSA) is 90.4 Å². The molecule has 1 aliphatic rings.